The monoisotopic (exact) mass is 156 g/mol. The van der Waals surface area contributed by atoms with E-state index in [1.54, 1.807) is 6.07 Å². The van der Waals surface area contributed by atoms with Crippen molar-refractivity contribution in [2.75, 3.05) is 0 Å². The van der Waals surface area contributed by atoms with Crippen molar-refractivity contribution in [2.45, 2.75) is 13.8 Å². The van der Waals surface area contributed by atoms with Crippen molar-refractivity contribution in [2.24, 2.45) is 5.84 Å². The molecule has 0 aliphatic rings. The van der Waals surface area contributed by atoms with E-state index >= 15 is 0 Å². The van der Waals surface area contributed by atoms with Crippen molar-refractivity contribution in [3.05, 3.63) is 24.2 Å². The van der Waals surface area contributed by atoms with Crippen LogP contribution in [0.1, 0.15) is 24.4 Å². The summed E-state index contributed by atoms with van der Waals surface area (Å²) < 4.78 is 4.69. The summed E-state index contributed by atoms with van der Waals surface area (Å²) in [6, 6.07) is 3.15. The second-order valence-electron chi connectivity index (χ2n) is 1.45. The van der Waals surface area contributed by atoms with Crippen molar-refractivity contribution < 1.29 is 9.21 Å². The molecule has 0 saturated carbocycles. The van der Waals surface area contributed by atoms with Crippen LogP contribution in [0.4, 0.5) is 0 Å². The third-order valence-corrected chi connectivity index (χ3v) is 0.876. The van der Waals surface area contributed by atoms with Crippen molar-refractivity contribution in [1.82, 2.24) is 5.43 Å². The number of nitrogen functional groups attached to an aromatic ring is 1. The van der Waals surface area contributed by atoms with Gasteiger partial charge in [0, 0.05) is 0 Å². The van der Waals surface area contributed by atoms with Crippen LogP contribution in [0.15, 0.2) is 22.8 Å². The Balaban J connectivity index is 0.000000461. The Morgan fingerprint density at radius 3 is 2.64 bits per heavy atom. The van der Waals surface area contributed by atoms with Gasteiger partial charge >= 0.3 is 5.91 Å². The molecule has 0 atom stereocenters. The summed E-state index contributed by atoms with van der Waals surface area (Å²) >= 11 is 0. The molecular formula is C7H12N2O2. The standard InChI is InChI=1S/C5H6N2O2.C2H6/c6-7-5(8)4-2-1-3-9-4;1-2/h1-3H,6H2,(H,7,8);1-2H3. The van der Waals surface area contributed by atoms with Crippen LogP contribution in [-0.2, 0) is 0 Å². The summed E-state index contributed by atoms with van der Waals surface area (Å²) in [5, 5.41) is 0. The first-order valence-corrected chi connectivity index (χ1v) is 3.39. The number of nitrogens with one attached hydrogen (secondary N) is 1. The zero-order valence-corrected chi connectivity index (χ0v) is 6.63. The molecule has 0 saturated heterocycles. The Morgan fingerprint density at radius 2 is 2.27 bits per heavy atom. The van der Waals surface area contributed by atoms with Gasteiger partial charge in [-0.1, -0.05) is 13.8 Å². The highest BCUT2D eigenvalue weighted by Gasteiger charge is 2.03. The van der Waals surface area contributed by atoms with E-state index in [1.807, 2.05) is 19.3 Å². The van der Waals surface area contributed by atoms with Gasteiger partial charge in [-0.05, 0) is 12.1 Å². The van der Waals surface area contributed by atoms with Gasteiger partial charge in [0.2, 0.25) is 0 Å². The Labute approximate surface area is 65.3 Å². The predicted octanol–water partition coefficient (Wildman–Crippen LogP) is 0.909. The number of carbonyl (C=O) groups is 1. The van der Waals surface area contributed by atoms with Gasteiger partial charge in [-0.15, -0.1) is 0 Å². The molecule has 3 N–H and O–H groups in total. The molecule has 4 heteroatoms. The highest BCUT2D eigenvalue weighted by molar-refractivity contribution is 5.90. The first kappa shape index (κ1) is 9.71. The van der Waals surface area contributed by atoms with Crippen LogP contribution >= 0.6 is 0 Å². The third-order valence-electron chi connectivity index (χ3n) is 0.876. The average molecular weight is 156 g/mol. The van der Waals surface area contributed by atoms with Crippen molar-refractivity contribution in [3.8, 4) is 0 Å². The average Bonchev–Trinajstić information content (AvgIpc) is 2.59. The number of hydrogen-bond donors (Lipinski definition) is 2. The minimum absolute atomic E-state index is 0.220. The lowest BCUT2D eigenvalue weighted by Crippen LogP contribution is -2.29. The molecule has 0 radical (unpaired) electrons. The molecule has 0 bridgehead atoms. The quantitative estimate of drug-likeness (QED) is 0.360. The molecule has 11 heavy (non-hydrogen) atoms. The topological polar surface area (TPSA) is 68.3 Å². The Morgan fingerprint density at radius 1 is 1.64 bits per heavy atom. The molecule has 62 valence electrons. The second-order valence-corrected chi connectivity index (χ2v) is 1.45. The summed E-state index contributed by atoms with van der Waals surface area (Å²) in [5.74, 6) is 4.61. The van der Waals surface area contributed by atoms with E-state index in [9.17, 15) is 4.79 Å². The molecule has 1 rings (SSSR count). The zero-order chi connectivity index (χ0) is 8.69. The van der Waals surface area contributed by atoms with E-state index < -0.39 is 5.91 Å². The smallest absolute Gasteiger partial charge is 0.300 e. The maximum Gasteiger partial charge on any atom is 0.300 e. The molecule has 0 unspecified atom stereocenters. The van der Waals surface area contributed by atoms with Gasteiger partial charge in [0.25, 0.3) is 0 Å². The Bertz CT molecular complexity index is 194. The van der Waals surface area contributed by atoms with Gasteiger partial charge < -0.3 is 4.42 Å². The molecule has 0 aromatic carbocycles. The van der Waals surface area contributed by atoms with Gasteiger partial charge in [-0.25, -0.2) is 5.84 Å². The van der Waals surface area contributed by atoms with Crippen LogP contribution in [0.5, 0.6) is 0 Å². The van der Waals surface area contributed by atoms with Gasteiger partial charge in [0.05, 0.1) is 6.26 Å². The predicted molar refractivity (Wildman–Crippen MR) is 41.7 cm³/mol. The summed E-state index contributed by atoms with van der Waals surface area (Å²) in [5.41, 5.74) is 1.93. The Kier molecular flexibility index (Phi) is 4.85. The fourth-order valence-electron chi connectivity index (χ4n) is 0.479. The zero-order valence-electron chi connectivity index (χ0n) is 6.63. The normalized spacial score (nSPS) is 7.91. The fourth-order valence-corrected chi connectivity index (χ4v) is 0.479. The van der Waals surface area contributed by atoms with E-state index in [2.05, 4.69) is 0 Å². The van der Waals surface area contributed by atoms with Crippen LogP contribution in [0.2, 0.25) is 0 Å². The van der Waals surface area contributed by atoms with Crippen LogP contribution in [0, 0.1) is 0 Å². The lowest BCUT2D eigenvalue weighted by molar-refractivity contribution is 0.0926. The number of furan rings is 1. The highest BCUT2D eigenvalue weighted by atomic mass is 16.3. The maximum atomic E-state index is 10.5. The fraction of sp³-hybridized carbons (Fsp3) is 0.286. The van der Waals surface area contributed by atoms with Gasteiger partial charge in [-0.2, -0.15) is 0 Å². The minimum atomic E-state index is -0.417. The van der Waals surface area contributed by atoms with E-state index in [4.69, 9.17) is 10.3 Å². The molecule has 0 fully saturated rings. The lowest BCUT2D eigenvalue weighted by Gasteiger charge is -1.90. The summed E-state index contributed by atoms with van der Waals surface area (Å²) in [4.78, 5) is 10.5. The molecule has 0 aliphatic carbocycles. The van der Waals surface area contributed by atoms with Crippen molar-refractivity contribution >= 4 is 5.91 Å². The van der Waals surface area contributed by atoms with Crippen molar-refractivity contribution in [3.63, 3.8) is 0 Å². The van der Waals surface area contributed by atoms with E-state index in [1.165, 1.54) is 12.3 Å². The largest absolute Gasteiger partial charge is 0.459 e. The van der Waals surface area contributed by atoms with E-state index in [0.29, 0.717) is 0 Å². The lowest BCUT2D eigenvalue weighted by atomic mass is 10.4. The van der Waals surface area contributed by atoms with Crippen LogP contribution < -0.4 is 11.3 Å². The summed E-state index contributed by atoms with van der Waals surface area (Å²) in [7, 11) is 0. The second kappa shape index (κ2) is 5.49. The minimum Gasteiger partial charge on any atom is -0.459 e. The van der Waals surface area contributed by atoms with Crippen LogP contribution in [0.25, 0.3) is 0 Å². The molecule has 1 aromatic rings. The molecule has 1 amide bonds. The number of hydrazine groups is 1. The first-order valence-electron chi connectivity index (χ1n) is 3.39. The van der Waals surface area contributed by atoms with Gasteiger partial charge in [0.1, 0.15) is 0 Å². The number of amides is 1. The SMILES string of the molecule is CC.NNC(=O)c1ccco1. The maximum absolute atomic E-state index is 10.5. The van der Waals surface area contributed by atoms with Crippen molar-refractivity contribution in [1.29, 1.82) is 0 Å². The van der Waals surface area contributed by atoms with Crippen LogP contribution in [-0.4, -0.2) is 5.91 Å². The molecule has 0 spiro atoms. The van der Waals surface area contributed by atoms with Gasteiger partial charge in [0.15, 0.2) is 5.76 Å². The molecule has 4 nitrogen and oxygen atoms in total. The molecule has 1 heterocycles. The number of rotatable bonds is 1. The highest BCUT2D eigenvalue weighted by Crippen LogP contribution is 1.97. The van der Waals surface area contributed by atoms with E-state index in [-0.39, 0.29) is 5.76 Å². The molecule has 1 aromatic heterocycles. The van der Waals surface area contributed by atoms with Gasteiger partial charge in [-0.3, -0.25) is 10.2 Å². The summed E-state index contributed by atoms with van der Waals surface area (Å²) in [6.45, 7) is 4.00. The number of carbonyl (C=O) groups excluding carboxylic acids is 1. The molecular weight excluding hydrogens is 144 g/mol. The number of hydrogen-bond acceptors (Lipinski definition) is 3. The Hall–Kier alpha value is -1.29. The van der Waals surface area contributed by atoms with Crippen LogP contribution in [0.3, 0.4) is 0 Å². The number of nitrogens with two attached hydrogens (primary N) is 1. The first-order chi connectivity index (χ1) is 5.34. The third kappa shape index (κ3) is 2.86. The summed E-state index contributed by atoms with van der Waals surface area (Å²) in [6.07, 6.45) is 1.41. The molecule has 0 aliphatic heterocycles. The van der Waals surface area contributed by atoms with E-state index in [0.717, 1.165) is 0 Å².